The zero-order valence-electron chi connectivity index (χ0n) is 11.4. The first-order valence-corrected chi connectivity index (χ1v) is 7.47. The van der Waals surface area contributed by atoms with Crippen LogP contribution in [0, 0.1) is 0 Å². The zero-order valence-corrected chi connectivity index (χ0v) is 12.9. The van der Waals surface area contributed by atoms with Crippen molar-refractivity contribution in [1.29, 1.82) is 0 Å². The van der Waals surface area contributed by atoms with E-state index < -0.39 is 0 Å². The minimum atomic E-state index is -0.192. The molecule has 1 saturated heterocycles. The number of piperazine rings is 1. The van der Waals surface area contributed by atoms with Crippen molar-refractivity contribution in [3.63, 3.8) is 0 Å². The molecule has 0 unspecified atom stereocenters. The molecule has 1 aliphatic heterocycles. The molecule has 1 aliphatic rings. The summed E-state index contributed by atoms with van der Waals surface area (Å²) in [5.41, 5.74) is 1.05. The van der Waals surface area contributed by atoms with E-state index >= 15 is 0 Å². The highest BCUT2D eigenvalue weighted by molar-refractivity contribution is 9.10. The molecule has 1 heterocycles. The van der Waals surface area contributed by atoms with Crippen molar-refractivity contribution in [1.82, 2.24) is 15.5 Å². The minimum Gasteiger partial charge on any atom is -0.353 e. The van der Waals surface area contributed by atoms with E-state index in [0.717, 1.165) is 16.5 Å². The van der Waals surface area contributed by atoms with Gasteiger partial charge in [0, 0.05) is 17.6 Å². The smallest absolute Gasteiger partial charge is 0.318 e. The van der Waals surface area contributed by atoms with Gasteiger partial charge in [-0.1, -0.05) is 41.1 Å². The molecule has 3 amide bonds. The van der Waals surface area contributed by atoms with E-state index in [4.69, 9.17) is 0 Å². The molecule has 0 aromatic heterocycles. The lowest BCUT2D eigenvalue weighted by Crippen LogP contribution is -2.53. The Morgan fingerprint density at radius 1 is 1.50 bits per heavy atom. The number of nitrogens with one attached hydrogen (secondary N) is 2. The lowest BCUT2D eigenvalue weighted by molar-refractivity contribution is -0.123. The van der Waals surface area contributed by atoms with Gasteiger partial charge in [0.2, 0.25) is 5.91 Å². The van der Waals surface area contributed by atoms with E-state index in [1.807, 2.05) is 31.2 Å². The number of nitrogens with zero attached hydrogens (tertiary/aromatic N) is 1. The van der Waals surface area contributed by atoms with E-state index in [-0.39, 0.29) is 24.5 Å². The van der Waals surface area contributed by atoms with Gasteiger partial charge in [-0.15, -0.1) is 0 Å². The van der Waals surface area contributed by atoms with Crippen LogP contribution < -0.4 is 10.6 Å². The molecule has 6 heteroatoms. The fraction of sp³-hybridized carbons (Fsp3) is 0.429. The highest BCUT2D eigenvalue weighted by Crippen LogP contribution is 2.25. The summed E-state index contributed by atoms with van der Waals surface area (Å²) in [6.07, 6.45) is 0.786. The summed E-state index contributed by atoms with van der Waals surface area (Å²) >= 11 is 3.50. The second-order valence-electron chi connectivity index (χ2n) is 4.70. The van der Waals surface area contributed by atoms with E-state index in [1.165, 1.54) is 0 Å². The van der Waals surface area contributed by atoms with E-state index in [0.29, 0.717) is 13.1 Å². The number of hydrogen-bond acceptors (Lipinski definition) is 2. The molecule has 1 aromatic carbocycles. The quantitative estimate of drug-likeness (QED) is 0.885. The lowest BCUT2D eigenvalue weighted by Gasteiger charge is -2.29. The number of carbonyl (C=O) groups is 2. The van der Waals surface area contributed by atoms with E-state index in [9.17, 15) is 9.59 Å². The molecule has 108 valence electrons. The Balaban J connectivity index is 2.05. The summed E-state index contributed by atoms with van der Waals surface area (Å²) < 4.78 is 0.975. The van der Waals surface area contributed by atoms with Crippen LogP contribution in [-0.2, 0) is 4.79 Å². The number of benzene rings is 1. The molecule has 1 fully saturated rings. The summed E-state index contributed by atoms with van der Waals surface area (Å²) in [4.78, 5) is 25.1. The van der Waals surface area contributed by atoms with Crippen LogP contribution in [0.4, 0.5) is 4.79 Å². The number of carbonyl (C=O) groups excluding carboxylic acids is 2. The van der Waals surface area contributed by atoms with Gasteiger partial charge in [-0.3, -0.25) is 4.79 Å². The molecular formula is C14H18BrN3O2. The molecule has 0 bridgehead atoms. The second kappa shape index (κ2) is 6.74. The van der Waals surface area contributed by atoms with Crippen molar-refractivity contribution < 1.29 is 9.59 Å². The number of rotatable bonds is 3. The molecule has 5 nitrogen and oxygen atoms in total. The van der Waals surface area contributed by atoms with Gasteiger partial charge in [0.25, 0.3) is 0 Å². The summed E-state index contributed by atoms with van der Waals surface area (Å²) in [6, 6.07) is 7.57. The maximum absolute atomic E-state index is 12.2. The molecule has 0 saturated carbocycles. The summed E-state index contributed by atoms with van der Waals surface area (Å²) in [5.74, 6) is -0.111. The summed E-state index contributed by atoms with van der Waals surface area (Å²) in [6.45, 7) is 3.20. The van der Waals surface area contributed by atoms with Crippen molar-refractivity contribution in [2.24, 2.45) is 0 Å². The van der Waals surface area contributed by atoms with Crippen LogP contribution in [0.1, 0.15) is 24.9 Å². The highest BCUT2D eigenvalue weighted by atomic mass is 79.9. The first-order chi connectivity index (χ1) is 9.61. The van der Waals surface area contributed by atoms with Gasteiger partial charge in [-0.25, -0.2) is 4.79 Å². The first-order valence-electron chi connectivity index (χ1n) is 6.68. The third-order valence-electron chi connectivity index (χ3n) is 3.31. The monoisotopic (exact) mass is 339 g/mol. The topological polar surface area (TPSA) is 61.4 Å². The average Bonchev–Trinajstić information content (AvgIpc) is 2.45. The molecule has 1 aromatic rings. The van der Waals surface area contributed by atoms with Gasteiger partial charge in [0.05, 0.1) is 6.04 Å². The lowest BCUT2D eigenvalue weighted by atomic mass is 10.1. The van der Waals surface area contributed by atoms with E-state index in [1.54, 1.807) is 4.90 Å². The normalized spacial score (nSPS) is 16.5. The third kappa shape index (κ3) is 3.50. The standard InChI is InChI=1S/C14H18BrN3O2/c1-2-12(10-5-3-4-6-11(10)15)17-14(20)18-8-7-16-13(19)9-18/h3-6,12H,2,7-9H2,1H3,(H,16,19)(H,17,20)/t12-/m0/s1. The SMILES string of the molecule is CC[C@H](NC(=O)N1CCNC(=O)C1)c1ccccc1Br. The van der Waals surface area contributed by atoms with Crippen LogP contribution in [0.25, 0.3) is 0 Å². The highest BCUT2D eigenvalue weighted by Gasteiger charge is 2.23. The third-order valence-corrected chi connectivity index (χ3v) is 4.03. The van der Waals surface area contributed by atoms with Crippen molar-refractivity contribution >= 4 is 27.9 Å². The maximum Gasteiger partial charge on any atom is 0.318 e. The Labute approximate surface area is 126 Å². The van der Waals surface area contributed by atoms with Crippen molar-refractivity contribution in [3.8, 4) is 0 Å². The van der Waals surface area contributed by atoms with Crippen molar-refractivity contribution in [2.45, 2.75) is 19.4 Å². The van der Waals surface area contributed by atoms with Crippen LogP contribution in [0.15, 0.2) is 28.7 Å². The Bertz CT molecular complexity index is 507. The van der Waals surface area contributed by atoms with Gasteiger partial charge in [0.1, 0.15) is 6.54 Å². The van der Waals surface area contributed by atoms with Crippen LogP contribution >= 0.6 is 15.9 Å². The van der Waals surface area contributed by atoms with Gasteiger partial charge in [-0.05, 0) is 18.1 Å². The van der Waals surface area contributed by atoms with Gasteiger partial charge >= 0.3 is 6.03 Å². The Kier molecular flexibility index (Phi) is 5.00. The number of hydrogen-bond donors (Lipinski definition) is 2. The fourth-order valence-electron chi connectivity index (χ4n) is 2.21. The molecule has 1 atom stereocenters. The molecule has 0 spiro atoms. The molecule has 2 N–H and O–H groups in total. The maximum atomic E-state index is 12.2. The van der Waals surface area contributed by atoms with Crippen LogP contribution in [0.2, 0.25) is 0 Å². The predicted molar refractivity (Wildman–Crippen MR) is 80.3 cm³/mol. The van der Waals surface area contributed by atoms with Crippen LogP contribution in [0.3, 0.4) is 0 Å². The average molecular weight is 340 g/mol. The minimum absolute atomic E-state index is 0.0666. The molecule has 2 rings (SSSR count). The first kappa shape index (κ1) is 14.8. The molecule has 20 heavy (non-hydrogen) atoms. The predicted octanol–water partition coefficient (Wildman–Crippen LogP) is 2.04. The van der Waals surface area contributed by atoms with Gasteiger partial charge in [0.15, 0.2) is 0 Å². The molecular weight excluding hydrogens is 322 g/mol. The Morgan fingerprint density at radius 3 is 2.90 bits per heavy atom. The Morgan fingerprint density at radius 2 is 2.25 bits per heavy atom. The largest absolute Gasteiger partial charge is 0.353 e. The molecule has 0 aliphatic carbocycles. The number of halogens is 1. The van der Waals surface area contributed by atoms with Crippen molar-refractivity contribution in [3.05, 3.63) is 34.3 Å². The van der Waals surface area contributed by atoms with E-state index in [2.05, 4.69) is 26.6 Å². The van der Waals surface area contributed by atoms with Crippen LogP contribution in [-0.4, -0.2) is 36.5 Å². The summed E-state index contributed by atoms with van der Waals surface area (Å²) in [7, 11) is 0. The van der Waals surface area contributed by atoms with Gasteiger partial charge < -0.3 is 15.5 Å². The zero-order chi connectivity index (χ0) is 14.5. The number of amides is 3. The second-order valence-corrected chi connectivity index (χ2v) is 5.56. The van der Waals surface area contributed by atoms with Crippen molar-refractivity contribution in [2.75, 3.05) is 19.6 Å². The summed E-state index contributed by atoms with van der Waals surface area (Å²) in [5, 5.41) is 5.70. The van der Waals surface area contributed by atoms with Gasteiger partial charge in [-0.2, -0.15) is 0 Å². The Hall–Kier alpha value is -1.56. The fourth-order valence-corrected chi connectivity index (χ4v) is 2.77. The van der Waals surface area contributed by atoms with Crippen LogP contribution in [0.5, 0.6) is 0 Å². The number of urea groups is 1. The molecule has 0 radical (unpaired) electrons.